The van der Waals surface area contributed by atoms with Gasteiger partial charge in [-0.05, 0) is 0 Å². The number of rotatable bonds is 3. The number of hydrogen-bond acceptors (Lipinski definition) is 3. The minimum absolute atomic E-state index is 0.0440. The summed E-state index contributed by atoms with van der Waals surface area (Å²) in [4.78, 5) is 15.2. The lowest BCUT2D eigenvalue weighted by Gasteiger charge is -2.20. The lowest BCUT2D eigenvalue weighted by atomic mass is 9.87. The van der Waals surface area contributed by atoms with Crippen molar-refractivity contribution in [2.45, 2.75) is 26.8 Å². The van der Waals surface area contributed by atoms with Gasteiger partial charge in [-0.2, -0.15) is 0 Å². The molecule has 0 unspecified atom stereocenters. The molecular formula is C8H18N4O. The van der Waals surface area contributed by atoms with Gasteiger partial charge in [0.15, 0.2) is 11.7 Å². The van der Waals surface area contributed by atoms with E-state index in [4.69, 9.17) is 17.2 Å². The highest BCUT2D eigenvalue weighted by Gasteiger charge is 2.26. The van der Waals surface area contributed by atoms with E-state index in [0.717, 1.165) is 0 Å². The molecule has 0 saturated carbocycles. The van der Waals surface area contributed by atoms with Crippen LogP contribution in [-0.4, -0.2) is 24.3 Å². The predicted octanol–water partition coefficient (Wildman–Crippen LogP) is -0.798. The van der Waals surface area contributed by atoms with Crippen molar-refractivity contribution in [3.05, 3.63) is 0 Å². The van der Waals surface area contributed by atoms with Crippen molar-refractivity contribution in [2.24, 2.45) is 27.6 Å². The Morgan fingerprint density at radius 2 is 1.85 bits per heavy atom. The minimum atomic E-state index is -0.623. The minimum Gasteiger partial charge on any atom is -0.370 e. The number of carbonyl (C=O) groups excluding carboxylic acids is 1. The summed E-state index contributed by atoms with van der Waals surface area (Å²) in [6.07, 6.45) is 0. The van der Waals surface area contributed by atoms with E-state index in [-0.39, 0.29) is 18.3 Å². The second-order valence-corrected chi connectivity index (χ2v) is 3.99. The number of Topliss-reactive ketones (excluding diaryl/α,β-unsaturated/α-hetero) is 1. The maximum absolute atomic E-state index is 11.5. The molecule has 0 aromatic rings. The number of aliphatic imine (C=N–C) groups is 1. The van der Waals surface area contributed by atoms with Crippen molar-refractivity contribution >= 4 is 11.7 Å². The highest BCUT2D eigenvalue weighted by atomic mass is 16.1. The summed E-state index contributed by atoms with van der Waals surface area (Å²) in [7, 11) is 0. The first-order valence-corrected chi connectivity index (χ1v) is 4.10. The number of guanidine groups is 1. The van der Waals surface area contributed by atoms with E-state index in [9.17, 15) is 4.79 Å². The van der Waals surface area contributed by atoms with Gasteiger partial charge in [-0.1, -0.05) is 20.8 Å². The van der Waals surface area contributed by atoms with Gasteiger partial charge in [-0.3, -0.25) is 9.79 Å². The summed E-state index contributed by atoms with van der Waals surface area (Å²) in [6.45, 7) is 5.58. The second kappa shape index (κ2) is 4.23. The number of ketones is 1. The summed E-state index contributed by atoms with van der Waals surface area (Å²) in [5.74, 6) is -0.0883. The normalized spacial score (nSPS) is 13.5. The highest BCUT2D eigenvalue weighted by Crippen LogP contribution is 2.15. The number of carbonyl (C=O) groups is 1. The zero-order valence-corrected chi connectivity index (χ0v) is 8.37. The zero-order valence-electron chi connectivity index (χ0n) is 8.37. The molecule has 0 aliphatic carbocycles. The Morgan fingerprint density at radius 1 is 1.38 bits per heavy atom. The van der Waals surface area contributed by atoms with Crippen molar-refractivity contribution < 1.29 is 4.79 Å². The SMILES string of the molecule is CC(C)(C)C(=O)[C@H](N)CN=C(N)N. The average molecular weight is 186 g/mol. The fourth-order valence-corrected chi connectivity index (χ4v) is 0.843. The number of nitrogens with zero attached hydrogens (tertiary/aromatic N) is 1. The van der Waals surface area contributed by atoms with Gasteiger partial charge in [-0.15, -0.1) is 0 Å². The van der Waals surface area contributed by atoms with E-state index < -0.39 is 11.5 Å². The van der Waals surface area contributed by atoms with Gasteiger partial charge in [0.05, 0.1) is 12.6 Å². The van der Waals surface area contributed by atoms with Crippen LogP contribution in [0.5, 0.6) is 0 Å². The molecule has 0 heterocycles. The summed E-state index contributed by atoms with van der Waals surface area (Å²) in [5.41, 5.74) is 15.4. The van der Waals surface area contributed by atoms with Crippen LogP contribution < -0.4 is 17.2 Å². The standard InChI is InChI=1S/C8H18N4O/c1-8(2,3)6(13)5(9)4-12-7(10)11/h5H,4,9H2,1-3H3,(H4,10,11,12)/t5-/m1/s1. The summed E-state index contributed by atoms with van der Waals surface area (Å²) in [6, 6.07) is -0.623. The molecule has 0 aliphatic rings. The molecular weight excluding hydrogens is 168 g/mol. The van der Waals surface area contributed by atoms with E-state index in [1.54, 1.807) is 0 Å². The Kier molecular flexibility index (Phi) is 3.87. The van der Waals surface area contributed by atoms with Crippen LogP contribution in [0.25, 0.3) is 0 Å². The predicted molar refractivity (Wildman–Crippen MR) is 53.1 cm³/mol. The quantitative estimate of drug-likeness (QED) is 0.396. The first kappa shape index (κ1) is 11.9. The Labute approximate surface area is 78.4 Å². The Hall–Kier alpha value is -1.10. The molecule has 0 radical (unpaired) electrons. The van der Waals surface area contributed by atoms with Crippen LogP contribution in [0.2, 0.25) is 0 Å². The molecule has 0 saturated heterocycles. The molecule has 0 aliphatic heterocycles. The van der Waals surface area contributed by atoms with E-state index >= 15 is 0 Å². The largest absolute Gasteiger partial charge is 0.370 e. The first-order valence-electron chi connectivity index (χ1n) is 4.10. The number of hydrogen-bond donors (Lipinski definition) is 3. The second-order valence-electron chi connectivity index (χ2n) is 3.99. The van der Waals surface area contributed by atoms with Crippen molar-refractivity contribution in [1.29, 1.82) is 0 Å². The molecule has 0 aromatic heterocycles. The highest BCUT2D eigenvalue weighted by molar-refractivity contribution is 5.89. The molecule has 6 N–H and O–H groups in total. The Morgan fingerprint density at radius 3 is 2.15 bits per heavy atom. The summed E-state index contributed by atoms with van der Waals surface area (Å²) < 4.78 is 0. The van der Waals surface area contributed by atoms with E-state index in [0.29, 0.717) is 0 Å². The molecule has 5 heteroatoms. The molecule has 1 atom stereocenters. The van der Waals surface area contributed by atoms with Crippen LogP contribution in [-0.2, 0) is 4.79 Å². The van der Waals surface area contributed by atoms with Gasteiger partial charge in [-0.25, -0.2) is 0 Å². The van der Waals surface area contributed by atoms with Crippen LogP contribution in [0.4, 0.5) is 0 Å². The van der Waals surface area contributed by atoms with E-state index in [2.05, 4.69) is 4.99 Å². The van der Waals surface area contributed by atoms with Gasteiger partial charge < -0.3 is 17.2 Å². The molecule has 13 heavy (non-hydrogen) atoms. The van der Waals surface area contributed by atoms with Crippen molar-refractivity contribution in [3.8, 4) is 0 Å². The van der Waals surface area contributed by atoms with Crippen LogP contribution in [0.15, 0.2) is 4.99 Å². The van der Waals surface area contributed by atoms with Gasteiger partial charge >= 0.3 is 0 Å². The number of nitrogens with two attached hydrogens (primary N) is 3. The van der Waals surface area contributed by atoms with E-state index in [1.807, 2.05) is 20.8 Å². The van der Waals surface area contributed by atoms with Gasteiger partial charge in [0.2, 0.25) is 0 Å². The van der Waals surface area contributed by atoms with Crippen LogP contribution in [0.1, 0.15) is 20.8 Å². The molecule has 0 aromatic carbocycles. The maximum Gasteiger partial charge on any atom is 0.185 e. The van der Waals surface area contributed by atoms with Gasteiger partial charge in [0, 0.05) is 5.41 Å². The van der Waals surface area contributed by atoms with Crippen molar-refractivity contribution in [2.75, 3.05) is 6.54 Å². The van der Waals surface area contributed by atoms with Crippen molar-refractivity contribution in [1.82, 2.24) is 0 Å². The summed E-state index contributed by atoms with van der Waals surface area (Å²) >= 11 is 0. The molecule has 5 nitrogen and oxygen atoms in total. The fourth-order valence-electron chi connectivity index (χ4n) is 0.843. The zero-order chi connectivity index (χ0) is 10.6. The van der Waals surface area contributed by atoms with Gasteiger partial charge in [0.1, 0.15) is 0 Å². The molecule has 0 fully saturated rings. The molecule has 0 spiro atoms. The Bertz CT molecular complexity index is 213. The molecule has 0 bridgehead atoms. The third-order valence-corrected chi connectivity index (χ3v) is 1.55. The van der Waals surface area contributed by atoms with Crippen molar-refractivity contribution in [3.63, 3.8) is 0 Å². The smallest absolute Gasteiger partial charge is 0.185 e. The summed E-state index contributed by atoms with van der Waals surface area (Å²) in [5, 5.41) is 0. The lowest BCUT2D eigenvalue weighted by Crippen LogP contribution is -2.41. The van der Waals surface area contributed by atoms with Gasteiger partial charge in [0.25, 0.3) is 0 Å². The topological polar surface area (TPSA) is 107 Å². The first-order chi connectivity index (χ1) is 5.75. The van der Waals surface area contributed by atoms with Crippen LogP contribution in [0.3, 0.4) is 0 Å². The van der Waals surface area contributed by atoms with Crippen LogP contribution >= 0.6 is 0 Å². The van der Waals surface area contributed by atoms with Crippen LogP contribution in [0, 0.1) is 5.41 Å². The average Bonchev–Trinajstić information content (AvgIpc) is 1.96. The molecule has 0 rings (SSSR count). The molecule has 0 amide bonds. The van der Waals surface area contributed by atoms with E-state index in [1.165, 1.54) is 0 Å². The monoisotopic (exact) mass is 186 g/mol. The third-order valence-electron chi connectivity index (χ3n) is 1.55. The lowest BCUT2D eigenvalue weighted by molar-refractivity contribution is -0.127. The Balaban J connectivity index is 4.21. The molecule has 76 valence electrons. The maximum atomic E-state index is 11.5. The fraction of sp³-hybridized carbons (Fsp3) is 0.750. The third kappa shape index (κ3) is 4.47.